The monoisotopic (exact) mass is 460 g/mol. The highest BCUT2D eigenvalue weighted by molar-refractivity contribution is 6.35. The Labute approximate surface area is 202 Å². The molecular formula is C30H21ClN2O. The minimum Gasteiger partial charge on any atom is -0.354 e. The van der Waals surface area contributed by atoms with Crippen LogP contribution in [0.4, 0.5) is 0 Å². The molecule has 4 heteroatoms. The molecule has 0 fully saturated rings. The van der Waals surface area contributed by atoms with Crippen molar-refractivity contribution < 1.29 is 0 Å². The van der Waals surface area contributed by atoms with Gasteiger partial charge in [0.2, 0.25) is 0 Å². The van der Waals surface area contributed by atoms with Crippen LogP contribution >= 0.6 is 11.6 Å². The average molecular weight is 461 g/mol. The van der Waals surface area contributed by atoms with Crippen LogP contribution in [0.25, 0.3) is 44.3 Å². The Morgan fingerprint density at radius 3 is 1.94 bits per heavy atom. The minimum absolute atomic E-state index is 0.0539. The van der Waals surface area contributed by atoms with Crippen LogP contribution in [0.3, 0.4) is 0 Å². The summed E-state index contributed by atoms with van der Waals surface area (Å²) in [5, 5.41) is 2.47. The van der Waals surface area contributed by atoms with Gasteiger partial charge < -0.3 is 4.98 Å². The van der Waals surface area contributed by atoms with Gasteiger partial charge >= 0.3 is 0 Å². The van der Waals surface area contributed by atoms with Gasteiger partial charge in [0.05, 0.1) is 16.2 Å². The lowest BCUT2D eigenvalue weighted by atomic mass is 10.1. The van der Waals surface area contributed by atoms with Crippen LogP contribution in [0, 0.1) is 0 Å². The summed E-state index contributed by atoms with van der Waals surface area (Å²) in [4.78, 5) is 19.9. The Kier molecular flexibility index (Phi) is 6.19. The van der Waals surface area contributed by atoms with Gasteiger partial charge in [-0.25, -0.2) is 4.98 Å². The van der Waals surface area contributed by atoms with Crippen molar-refractivity contribution in [3.63, 3.8) is 0 Å². The van der Waals surface area contributed by atoms with E-state index in [4.69, 9.17) is 11.6 Å². The van der Waals surface area contributed by atoms with E-state index < -0.39 is 0 Å². The fourth-order valence-corrected chi connectivity index (χ4v) is 4.12. The Hall–Kier alpha value is -4.21. The molecule has 4 aromatic carbocycles. The number of hydrogen-bond acceptors (Lipinski definition) is 2. The first kappa shape index (κ1) is 21.6. The number of para-hydroxylation sites is 2. The van der Waals surface area contributed by atoms with Crippen molar-refractivity contribution in [2.75, 3.05) is 0 Å². The van der Waals surface area contributed by atoms with E-state index in [0.717, 1.165) is 49.3 Å². The highest BCUT2D eigenvalue weighted by Gasteiger charge is 2.05. The molecule has 6 aromatic rings. The van der Waals surface area contributed by atoms with Crippen LogP contribution in [-0.4, -0.2) is 9.97 Å². The lowest BCUT2D eigenvalue weighted by Gasteiger charge is -2.05. The van der Waals surface area contributed by atoms with Gasteiger partial charge in [-0.15, -0.1) is 0 Å². The standard InChI is InChI=1S/C15H10ClN.C15H11NO/c16-13-10-15(11-6-2-1-3-7-11)17-14-9-5-4-8-12(13)14;17-15-10-14(11-6-2-1-3-7-11)16-13-9-5-4-8-12(13)15/h1-10H;1-10H,(H,16,17). The van der Waals surface area contributed by atoms with E-state index in [9.17, 15) is 4.79 Å². The van der Waals surface area contributed by atoms with E-state index in [0.29, 0.717) is 0 Å². The molecule has 34 heavy (non-hydrogen) atoms. The number of hydrogen-bond donors (Lipinski definition) is 1. The maximum atomic E-state index is 12.0. The molecule has 2 aromatic heterocycles. The van der Waals surface area contributed by atoms with E-state index in [-0.39, 0.29) is 5.43 Å². The molecule has 0 bridgehead atoms. The summed E-state index contributed by atoms with van der Waals surface area (Å²) < 4.78 is 0. The number of rotatable bonds is 2. The topological polar surface area (TPSA) is 45.8 Å². The fraction of sp³-hybridized carbons (Fsp3) is 0. The molecule has 164 valence electrons. The van der Waals surface area contributed by atoms with Crippen molar-refractivity contribution >= 4 is 33.4 Å². The number of pyridine rings is 2. The zero-order valence-corrected chi connectivity index (χ0v) is 19.0. The third kappa shape index (κ3) is 4.61. The molecule has 0 spiro atoms. The van der Waals surface area contributed by atoms with Crippen LogP contribution < -0.4 is 5.43 Å². The van der Waals surface area contributed by atoms with Gasteiger partial charge in [-0.05, 0) is 29.8 Å². The Bertz CT molecular complexity index is 1630. The SMILES string of the molecule is Clc1cc(-c2ccccc2)nc2ccccc12.O=c1cc(-c2ccccc2)[nH]c2ccccc12. The van der Waals surface area contributed by atoms with E-state index >= 15 is 0 Å². The highest BCUT2D eigenvalue weighted by atomic mass is 35.5. The van der Waals surface area contributed by atoms with Gasteiger partial charge in [0, 0.05) is 33.6 Å². The van der Waals surface area contributed by atoms with Crippen molar-refractivity contribution in [1.82, 2.24) is 9.97 Å². The molecule has 0 atom stereocenters. The van der Waals surface area contributed by atoms with Gasteiger partial charge in [0.15, 0.2) is 5.43 Å². The molecule has 1 N–H and O–H groups in total. The summed E-state index contributed by atoms with van der Waals surface area (Å²) in [7, 11) is 0. The summed E-state index contributed by atoms with van der Waals surface area (Å²) in [6, 6.07) is 38.9. The molecule has 0 aliphatic carbocycles. The molecule has 0 saturated heterocycles. The van der Waals surface area contributed by atoms with E-state index in [1.165, 1.54) is 0 Å². The molecule has 0 aliphatic heterocycles. The highest BCUT2D eigenvalue weighted by Crippen LogP contribution is 2.27. The number of nitrogens with zero attached hydrogens (tertiary/aromatic N) is 1. The second kappa shape index (κ2) is 9.74. The predicted octanol–water partition coefficient (Wildman–Crippen LogP) is 7.75. The second-order valence-electron chi connectivity index (χ2n) is 7.83. The van der Waals surface area contributed by atoms with E-state index in [2.05, 4.69) is 9.97 Å². The van der Waals surface area contributed by atoms with E-state index in [1.54, 1.807) is 6.07 Å². The quantitative estimate of drug-likeness (QED) is 0.287. The molecule has 0 unspecified atom stereocenters. The zero-order chi connectivity index (χ0) is 23.3. The maximum Gasteiger partial charge on any atom is 0.190 e. The number of benzene rings is 4. The van der Waals surface area contributed by atoms with Gasteiger partial charge in [-0.2, -0.15) is 0 Å². The normalized spacial score (nSPS) is 10.6. The number of nitrogens with one attached hydrogen (secondary N) is 1. The largest absolute Gasteiger partial charge is 0.354 e. The summed E-state index contributed by atoms with van der Waals surface area (Å²) >= 11 is 6.27. The Morgan fingerprint density at radius 1 is 0.618 bits per heavy atom. The lowest BCUT2D eigenvalue weighted by molar-refractivity contribution is 1.38. The number of aromatic nitrogens is 2. The minimum atomic E-state index is 0.0539. The van der Waals surface area contributed by atoms with Crippen molar-refractivity contribution in [3.8, 4) is 22.5 Å². The van der Waals surface area contributed by atoms with Crippen LogP contribution in [0.15, 0.2) is 126 Å². The van der Waals surface area contributed by atoms with Crippen molar-refractivity contribution in [2.24, 2.45) is 0 Å². The average Bonchev–Trinajstić information content (AvgIpc) is 2.90. The van der Waals surface area contributed by atoms with Gasteiger partial charge in [0.25, 0.3) is 0 Å². The molecule has 6 rings (SSSR count). The molecule has 0 amide bonds. The number of halogens is 1. The van der Waals surface area contributed by atoms with Crippen molar-refractivity contribution in [3.05, 3.63) is 137 Å². The number of H-pyrrole nitrogens is 1. The third-order valence-corrected chi connectivity index (χ3v) is 5.87. The van der Waals surface area contributed by atoms with Crippen LogP contribution in [0.5, 0.6) is 0 Å². The zero-order valence-electron chi connectivity index (χ0n) is 18.3. The van der Waals surface area contributed by atoms with E-state index in [1.807, 2.05) is 115 Å². The molecule has 0 radical (unpaired) electrons. The molecular weight excluding hydrogens is 440 g/mol. The molecule has 2 heterocycles. The van der Waals surface area contributed by atoms with Gasteiger partial charge in [-0.1, -0.05) is 103 Å². The molecule has 0 aliphatic rings. The smallest absolute Gasteiger partial charge is 0.190 e. The second-order valence-corrected chi connectivity index (χ2v) is 8.24. The molecule has 3 nitrogen and oxygen atoms in total. The first-order valence-corrected chi connectivity index (χ1v) is 11.3. The lowest BCUT2D eigenvalue weighted by Crippen LogP contribution is -2.02. The summed E-state index contributed by atoms with van der Waals surface area (Å²) in [6.07, 6.45) is 0. The fourth-order valence-electron chi connectivity index (χ4n) is 3.86. The Balaban J connectivity index is 0.000000142. The predicted molar refractivity (Wildman–Crippen MR) is 142 cm³/mol. The van der Waals surface area contributed by atoms with Gasteiger partial charge in [-0.3, -0.25) is 4.79 Å². The third-order valence-electron chi connectivity index (χ3n) is 5.56. The molecule has 0 saturated carbocycles. The first-order chi connectivity index (χ1) is 16.7. The van der Waals surface area contributed by atoms with Gasteiger partial charge in [0.1, 0.15) is 0 Å². The van der Waals surface area contributed by atoms with Crippen LogP contribution in [0.2, 0.25) is 5.02 Å². The summed E-state index contributed by atoms with van der Waals surface area (Å²) in [5.41, 5.74) is 5.73. The van der Waals surface area contributed by atoms with Crippen LogP contribution in [-0.2, 0) is 0 Å². The summed E-state index contributed by atoms with van der Waals surface area (Å²) in [6.45, 7) is 0. The summed E-state index contributed by atoms with van der Waals surface area (Å²) in [5.74, 6) is 0. The number of aromatic amines is 1. The van der Waals surface area contributed by atoms with Crippen LogP contribution in [0.1, 0.15) is 0 Å². The number of fused-ring (bicyclic) bond motifs is 2. The Morgan fingerprint density at radius 2 is 1.21 bits per heavy atom. The van der Waals surface area contributed by atoms with Crippen molar-refractivity contribution in [2.45, 2.75) is 0 Å². The maximum absolute atomic E-state index is 12.0. The first-order valence-electron chi connectivity index (χ1n) is 11.0. The van der Waals surface area contributed by atoms with Crippen molar-refractivity contribution in [1.29, 1.82) is 0 Å².